The molecule has 0 spiro atoms. The van der Waals surface area contributed by atoms with Gasteiger partial charge in [0.15, 0.2) is 9.84 Å². The second-order valence-electron chi connectivity index (χ2n) is 6.16. The smallest absolute Gasteiger partial charge is 0.221 e. The highest BCUT2D eigenvalue weighted by Gasteiger charge is 2.36. The van der Waals surface area contributed by atoms with E-state index < -0.39 is 9.84 Å². The molecule has 1 N–H and O–H groups in total. The first-order valence-electron chi connectivity index (χ1n) is 7.53. The van der Waals surface area contributed by atoms with Crippen LogP contribution in [0.5, 0.6) is 0 Å². The van der Waals surface area contributed by atoms with Crippen LogP contribution in [0.1, 0.15) is 31.7 Å². The minimum Gasteiger partial charge on any atom is -0.326 e. The molecular formula is C16H24N2O3S. The van der Waals surface area contributed by atoms with Crippen molar-refractivity contribution < 1.29 is 13.2 Å². The van der Waals surface area contributed by atoms with Crippen LogP contribution in [0.2, 0.25) is 0 Å². The van der Waals surface area contributed by atoms with Crippen molar-refractivity contribution in [2.24, 2.45) is 0 Å². The van der Waals surface area contributed by atoms with E-state index in [4.69, 9.17) is 0 Å². The van der Waals surface area contributed by atoms with E-state index in [0.717, 1.165) is 30.5 Å². The van der Waals surface area contributed by atoms with E-state index in [1.54, 1.807) is 0 Å². The maximum atomic E-state index is 11.9. The van der Waals surface area contributed by atoms with Gasteiger partial charge in [0.05, 0.1) is 5.25 Å². The molecule has 0 heterocycles. The average Bonchev–Trinajstić information content (AvgIpc) is 2.87. The minimum atomic E-state index is -3.01. The zero-order valence-corrected chi connectivity index (χ0v) is 14.2. The number of rotatable bonds is 5. The van der Waals surface area contributed by atoms with Crippen molar-refractivity contribution in [1.29, 1.82) is 0 Å². The number of benzene rings is 1. The van der Waals surface area contributed by atoms with Gasteiger partial charge >= 0.3 is 0 Å². The second-order valence-corrected chi connectivity index (χ2v) is 8.43. The van der Waals surface area contributed by atoms with Gasteiger partial charge in [-0.2, -0.15) is 0 Å². The van der Waals surface area contributed by atoms with Gasteiger partial charge in [-0.05, 0) is 37.6 Å². The summed E-state index contributed by atoms with van der Waals surface area (Å²) in [5.74, 6) is -0.0987. The largest absolute Gasteiger partial charge is 0.326 e. The molecule has 22 heavy (non-hydrogen) atoms. The van der Waals surface area contributed by atoms with Gasteiger partial charge in [0, 0.05) is 31.5 Å². The highest BCUT2D eigenvalue weighted by Crippen LogP contribution is 2.29. The van der Waals surface area contributed by atoms with E-state index in [1.165, 1.54) is 13.2 Å². The first kappa shape index (κ1) is 17.0. The summed E-state index contributed by atoms with van der Waals surface area (Å²) in [4.78, 5) is 13.2. The van der Waals surface area contributed by atoms with Crippen molar-refractivity contribution in [2.45, 2.75) is 44.0 Å². The lowest BCUT2D eigenvalue weighted by Gasteiger charge is -2.28. The Morgan fingerprint density at radius 3 is 2.73 bits per heavy atom. The number of amides is 1. The third-order valence-corrected chi connectivity index (χ3v) is 5.86. The van der Waals surface area contributed by atoms with Gasteiger partial charge in [0.2, 0.25) is 5.91 Å². The van der Waals surface area contributed by atoms with E-state index in [2.05, 4.69) is 10.2 Å². The van der Waals surface area contributed by atoms with Gasteiger partial charge in [-0.3, -0.25) is 9.69 Å². The molecule has 1 aromatic rings. The van der Waals surface area contributed by atoms with Crippen LogP contribution in [0.15, 0.2) is 24.3 Å². The molecule has 1 aromatic carbocycles. The Morgan fingerprint density at radius 1 is 1.36 bits per heavy atom. The highest BCUT2D eigenvalue weighted by molar-refractivity contribution is 7.91. The van der Waals surface area contributed by atoms with Crippen molar-refractivity contribution in [3.63, 3.8) is 0 Å². The third kappa shape index (κ3) is 4.30. The van der Waals surface area contributed by atoms with Crippen LogP contribution in [0.3, 0.4) is 0 Å². The van der Waals surface area contributed by atoms with E-state index in [1.807, 2.05) is 31.3 Å². The van der Waals surface area contributed by atoms with Crippen LogP contribution in [0.4, 0.5) is 5.69 Å². The molecule has 0 radical (unpaired) electrons. The predicted molar refractivity (Wildman–Crippen MR) is 88.5 cm³/mol. The van der Waals surface area contributed by atoms with Gasteiger partial charge in [-0.1, -0.05) is 18.6 Å². The van der Waals surface area contributed by atoms with Crippen molar-refractivity contribution in [1.82, 2.24) is 4.90 Å². The molecule has 122 valence electrons. The standard InChI is InChI=1S/C16H24N2O3S/c1-12(19)17-14-7-4-6-13(10-14)11-18(2)15-8-5-9-16(15)22(3,20)21/h4,6-7,10,15-16H,5,8-9,11H2,1-3H3,(H,17,19). The normalized spacial score (nSPS) is 22.0. The number of carbonyl (C=O) groups is 1. The lowest BCUT2D eigenvalue weighted by molar-refractivity contribution is -0.114. The molecule has 6 heteroatoms. The third-order valence-electron chi connectivity index (χ3n) is 4.21. The molecule has 1 saturated carbocycles. The molecule has 5 nitrogen and oxygen atoms in total. The Labute approximate surface area is 132 Å². The van der Waals surface area contributed by atoms with Crippen LogP contribution >= 0.6 is 0 Å². The summed E-state index contributed by atoms with van der Waals surface area (Å²) >= 11 is 0. The Hall–Kier alpha value is -1.40. The molecule has 0 saturated heterocycles. The summed E-state index contributed by atoms with van der Waals surface area (Å²) in [6, 6.07) is 7.74. The van der Waals surface area contributed by atoms with Crippen LogP contribution in [0, 0.1) is 0 Å². The molecule has 1 fully saturated rings. The summed E-state index contributed by atoms with van der Waals surface area (Å²) < 4.78 is 23.8. The number of hydrogen-bond donors (Lipinski definition) is 1. The van der Waals surface area contributed by atoms with Gasteiger partial charge < -0.3 is 5.32 Å². The number of nitrogens with one attached hydrogen (secondary N) is 1. The summed E-state index contributed by atoms with van der Waals surface area (Å²) in [6.45, 7) is 2.15. The molecule has 0 aromatic heterocycles. The summed E-state index contributed by atoms with van der Waals surface area (Å²) in [6.07, 6.45) is 3.96. The fraction of sp³-hybridized carbons (Fsp3) is 0.562. The summed E-state index contributed by atoms with van der Waals surface area (Å²) in [7, 11) is -1.04. The lowest BCUT2D eigenvalue weighted by atomic mass is 10.1. The highest BCUT2D eigenvalue weighted by atomic mass is 32.2. The molecule has 1 aliphatic carbocycles. The fourth-order valence-corrected chi connectivity index (χ4v) is 4.78. The number of hydrogen-bond acceptors (Lipinski definition) is 4. The molecular weight excluding hydrogens is 300 g/mol. The maximum absolute atomic E-state index is 11.9. The summed E-state index contributed by atoms with van der Waals surface area (Å²) in [5.41, 5.74) is 1.83. The molecule has 0 bridgehead atoms. The Balaban J connectivity index is 2.08. The van der Waals surface area contributed by atoms with Crippen LogP contribution in [-0.4, -0.2) is 43.8 Å². The zero-order valence-electron chi connectivity index (χ0n) is 13.4. The van der Waals surface area contributed by atoms with Gasteiger partial charge in [0.25, 0.3) is 0 Å². The van der Waals surface area contributed by atoms with E-state index >= 15 is 0 Å². The van der Waals surface area contributed by atoms with Gasteiger partial charge in [0.1, 0.15) is 0 Å². The summed E-state index contributed by atoms with van der Waals surface area (Å²) in [5, 5.41) is 2.50. The first-order chi connectivity index (χ1) is 10.3. The van der Waals surface area contributed by atoms with Gasteiger partial charge in [-0.15, -0.1) is 0 Å². The van der Waals surface area contributed by atoms with E-state index in [0.29, 0.717) is 6.54 Å². The quantitative estimate of drug-likeness (QED) is 0.900. The van der Waals surface area contributed by atoms with Crippen molar-refractivity contribution >= 4 is 21.4 Å². The molecule has 2 unspecified atom stereocenters. The number of anilines is 1. The van der Waals surface area contributed by atoms with Crippen LogP contribution in [0.25, 0.3) is 0 Å². The Morgan fingerprint density at radius 2 is 2.09 bits per heavy atom. The fourth-order valence-electron chi connectivity index (χ4n) is 3.27. The molecule has 2 rings (SSSR count). The number of carbonyl (C=O) groups excluding carboxylic acids is 1. The number of sulfone groups is 1. The van der Waals surface area contributed by atoms with Crippen molar-refractivity contribution in [3.05, 3.63) is 29.8 Å². The van der Waals surface area contributed by atoms with Crippen LogP contribution < -0.4 is 5.32 Å². The maximum Gasteiger partial charge on any atom is 0.221 e. The predicted octanol–water partition coefficient (Wildman–Crippen LogP) is 2.04. The zero-order chi connectivity index (χ0) is 16.3. The van der Waals surface area contributed by atoms with Crippen molar-refractivity contribution in [3.8, 4) is 0 Å². The molecule has 0 aliphatic heterocycles. The topological polar surface area (TPSA) is 66.5 Å². The van der Waals surface area contributed by atoms with E-state index in [-0.39, 0.29) is 17.2 Å². The Bertz CT molecular complexity index is 643. The van der Waals surface area contributed by atoms with E-state index in [9.17, 15) is 13.2 Å². The SMILES string of the molecule is CC(=O)Nc1cccc(CN(C)C2CCCC2S(C)(=O)=O)c1. The van der Waals surface area contributed by atoms with Gasteiger partial charge in [-0.25, -0.2) is 8.42 Å². The molecule has 1 amide bonds. The molecule has 2 atom stereocenters. The second kappa shape index (κ2) is 6.79. The monoisotopic (exact) mass is 324 g/mol. The van der Waals surface area contributed by atoms with Crippen molar-refractivity contribution in [2.75, 3.05) is 18.6 Å². The lowest BCUT2D eigenvalue weighted by Crippen LogP contribution is -2.40. The average molecular weight is 324 g/mol. The number of nitrogens with zero attached hydrogens (tertiary/aromatic N) is 1. The Kier molecular flexibility index (Phi) is 5.24. The first-order valence-corrected chi connectivity index (χ1v) is 9.48. The van der Waals surface area contributed by atoms with Crippen LogP contribution in [-0.2, 0) is 21.2 Å². The minimum absolute atomic E-state index is 0.0689. The molecule has 1 aliphatic rings.